The van der Waals surface area contributed by atoms with Crippen LogP contribution in [0, 0.1) is 0 Å². The van der Waals surface area contributed by atoms with Crippen molar-refractivity contribution in [2.24, 2.45) is 0 Å². The molecule has 1 amide bonds. The van der Waals surface area contributed by atoms with E-state index in [4.69, 9.17) is 9.05 Å². The fourth-order valence-corrected chi connectivity index (χ4v) is 4.32. The molecule has 2 aromatic heterocycles. The van der Waals surface area contributed by atoms with Crippen LogP contribution in [0.5, 0.6) is 0 Å². The molecule has 0 N–H and O–H groups in total. The summed E-state index contributed by atoms with van der Waals surface area (Å²) in [4.78, 5) is 15.4. The Hall–Kier alpha value is -2.11. The van der Waals surface area contributed by atoms with Gasteiger partial charge in [-0.05, 0) is 25.7 Å². The molecule has 6 heteroatoms. The van der Waals surface area contributed by atoms with Crippen molar-refractivity contribution in [2.45, 2.75) is 76.3 Å². The van der Waals surface area contributed by atoms with E-state index in [9.17, 15) is 4.79 Å². The van der Waals surface area contributed by atoms with E-state index in [1.807, 2.05) is 0 Å². The molecule has 0 aliphatic heterocycles. The molecule has 0 radical (unpaired) electrons. The summed E-state index contributed by atoms with van der Waals surface area (Å²) in [7, 11) is 0. The highest BCUT2D eigenvalue weighted by atomic mass is 16.5. The first-order valence-corrected chi connectivity index (χ1v) is 9.53. The molecule has 0 aromatic carbocycles. The van der Waals surface area contributed by atoms with Crippen molar-refractivity contribution in [1.29, 1.82) is 0 Å². The van der Waals surface area contributed by atoms with Gasteiger partial charge in [0, 0.05) is 24.2 Å². The average Bonchev–Trinajstić information content (AvgIpc) is 3.35. The first-order chi connectivity index (χ1) is 12.3. The molecule has 0 bridgehead atoms. The third-order valence-electron chi connectivity index (χ3n) is 5.59. The molecule has 2 aliphatic rings. The molecule has 25 heavy (non-hydrogen) atoms. The highest BCUT2D eigenvalue weighted by Gasteiger charge is 2.34. The number of nitrogens with zero attached hydrogens (tertiary/aromatic N) is 3. The van der Waals surface area contributed by atoms with Crippen LogP contribution >= 0.6 is 0 Å². The minimum absolute atomic E-state index is 0.0114. The molecule has 4 rings (SSSR count). The smallest absolute Gasteiger partial charge is 0.276 e. The summed E-state index contributed by atoms with van der Waals surface area (Å²) < 4.78 is 10.2. The number of amides is 1. The first-order valence-electron chi connectivity index (χ1n) is 9.53. The maximum atomic E-state index is 13.3. The van der Waals surface area contributed by atoms with E-state index >= 15 is 0 Å². The Morgan fingerprint density at radius 3 is 2.16 bits per heavy atom. The second-order valence-corrected chi connectivity index (χ2v) is 7.26. The van der Waals surface area contributed by atoms with E-state index < -0.39 is 0 Å². The van der Waals surface area contributed by atoms with Crippen LogP contribution in [0.4, 0.5) is 0 Å². The molecule has 6 nitrogen and oxygen atoms in total. The van der Waals surface area contributed by atoms with Gasteiger partial charge < -0.3 is 13.9 Å². The van der Waals surface area contributed by atoms with Crippen molar-refractivity contribution < 1.29 is 13.8 Å². The summed E-state index contributed by atoms with van der Waals surface area (Å²) in [6, 6.07) is 4.08. The predicted molar refractivity (Wildman–Crippen MR) is 91.9 cm³/mol. The Bertz CT molecular complexity index is 665. The molecule has 0 atom stereocenters. The largest absolute Gasteiger partial charge is 0.364 e. The normalized spacial score (nSPS) is 19.8. The van der Waals surface area contributed by atoms with Crippen molar-refractivity contribution in [3.63, 3.8) is 0 Å². The Morgan fingerprint density at radius 1 is 0.960 bits per heavy atom. The van der Waals surface area contributed by atoms with Gasteiger partial charge in [0.05, 0.1) is 0 Å². The van der Waals surface area contributed by atoms with Gasteiger partial charge in [0.1, 0.15) is 6.26 Å². The van der Waals surface area contributed by atoms with E-state index in [0.717, 1.165) is 25.7 Å². The number of aromatic nitrogens is 2. The monoisotopic (exact) mass is 343 g/mol. The van der Waals surface area contributed by atoms with Crippen LogP contribution in [0.25, 0.3) is 11.5 Å². The summed E-state index contributed by atoms with van der Waals surface area (Å²) in [5, 5.41) is 7.88. The Labute approximate surface area is 147 Å². The quantitative estimate of drug-likeness (QED) is 0.821. The SMILES string of the molecule is O=C(c1cc(-c2ccon2)on1)N(C1CCCCC1)C1CCCCC1. The van der Waals surface area contributed by atoms with Crippen molar-refractivity contribution in [2.75, 3.05) is 0 Å². The van der Waals surface area contributed by atoms with Gasteiger partial charge in [0.15, 0.2) is 17.1 Å². The summed E-state index contributed by atoms with van der Waals surface area (Å²) >= 11 is 0. The molecular formula is C19H25N3O3. The fourth-order valence-electron chi connectivity index (χ4n) is 4.32. The number of hydrogen-bond donors (Lipinski definition) is 0. The Balaban J connectivity index is 1.58. The maximum absolute atomic E-state index is 13.3. The highest BCUT2D eigenvalue weighted by Crippen LogP contribution is 2.32. The second kappa shape index (κ2) is 7.42. The molecular weight excluding hydrogens is 318 g/mol. The molecule has 2 heterocycles. The third-order valence-corrected chi connectivity index (χ3v) is 5.59. The van der Waals surface area contributed by atoms with Gasteiger partial charge in [-0.2, -0.15) is 0 Å². The molecule has 0 unspecified atom stereocenters. The highest BCUT2D eigenvalue weighted by molar-refractivity contribution is 5.93. The zero-order chi connectivity index (χ0) is 17.1. The molecule has 2 fully saturated rings. The van der Waals surface area contributed by atoms with E-state index in [0.29, 0.717) is 29.2 Å². The van der Waals surface area contributed by atoms with Crippen LogP contribution in [-0.2, 0) is 0 Å². The Morgan fingerprint density at radius 2 is 1.60 bits per heavy atom. The van der Waals surface area contributed by atoms with Crippen molar-refractivity contribution in [1.82, 2.24) is 15.2 Å². The first kappa shape index (κ1) is 16.4. The summed E-state index contributed by atoms with van der Waals surface area (Å²) in [5.41, 5.74) is 0.947. The molecule has 134 valence electrons. The van der Waals surface area contributed by atoms with Gasteiger partial charge in [0.2, 0.25) is 0 Å². The van der Waals surface area contributed by atoms with E-state index in [2.05, 4.69) is 15.2 Å². The van der Waals surface area contributed by atoms with Gasteiger partial charge in [0.25, 0.3) is 5.91 Å². The topological polar surface area (TPSA) is 72.4 Å². The van der Waals surface area contributed by atoms with Crippen LogP contribution in [-0.4, -0.2) is 33.2 Å². The number of carbonyl (C=O) groups excluding carboxylic acids is 1. The van der Waals surface area contributed by atoms with E-state index in [1.54, 1.807) is 12.1 Å². The predicted octanol–water partition coefficient (Wildman–Crippen LogP) is 4.44. The van der Waals surface area contributed by atoms with Gasteiger partial charge in [-0.3, -0.25) is 4.79 Å². The van der Waals surface area contributed by atoms with E-state index in [-0.39, 0.29) is 5.91 Å². The van der Waals surface area contributed by atoms with Crippen LogP contribution in [0.2, 0.25) is 0 Å². The van der Waals surface area contributed by atoms with Gasteiger partial charge in [-0.25, -0.2) is 0 Å². The standard InChI is InChI=1S/C19H25N3O3/c23-19(17-13-18(25-21-17)16-11-12-24-20-16)22(14-7-3-1-4-8-14)15-9-5-2-6-10-15/h11-15H,1-10H2. The number of hydrogen-bond acceptors (Lipinski definition) is 5. The molecule has 2 aliphatic carbocycles. The summed E-state index contributed by atoms with van der Waals surface area (Å²) in [6.45, 7) is 0. The fraction of sp³-hybridized carbons (Fsp3) is 0.632. The van der Waals surface area contributed by atoms with Gasteiger partial charge in [-0.1, -0.05) is 48.8 Å². The molecule has 0 spiro atoms. The maximum Gasteiger partial charge on any atom is 0.276 e. The molecule has 2 aromatic rings. The minimum Gasteiger partial charge on any atom is -0.364 e. The summed E-state index contributed by atoms with van der Waals surface area (Å²) in [6.07, 6.45) is 13.3. The average molecular weight is 343 g/mol. The molecule has 2 saturated carbocycles. The number of rotatable bonds is 4. The van der Waals surface area contributed by atoms with Crippen LogP contribution in [0.15, 0.2) is 27.4 Å². The van der Waals surface area contributed by atoms with Crippen molar-refractivity contribution >= 4 is 5.91 Å². The van der Waals surface area contributed by atoms with Crippen molar-refractivity contribution in [3.05, 3.63) is 24.1 Å². The zero-order valence-electron chi connectivity index (χ0n) is 14.5. The lowest BCUT2D eigenvalue weighted by Crippen LogP contribution is -2.48. The van der Waals surface area contributed by atoms with Crippen LogP contribution in [0.3, 0.4) is 0 Å². The lowest BCUT2D eigenvalue weighted by atomic mass is 9.88. The van der Waals surface area contributed by atoms with Gasteiger partial charge >= 0.3 is 0 Å². The lowest BCUT2D eigenvalue weighted by Gasteiger charge is -2.41. The third kappa shape index (κ3) is 3.48. The number of carbonyl (C=O) groups is 1. The summed E-state index contributed by atoms with van der Waals surface area (Å²) in [5.74, 6) is 0.488. The van der Waals surface area contributed by atoms with Gasteiger partial charge in [-0.15, -0.1) is 0 Å². The van der Waals surface area contributed by atoms with Crippen molar-refractivity contribution in [3.8, 4) is 11.5 Å². The molecule has 0 saturated heterocycles. The zero-order valence-corrected chi connectivity index (χ0v) is 14.5. The van der Waals surface area contributed by atoms with E-state index in [1.165, 1.54) is 44.8 Å². The van der Waals surface area contributed by atoms with Crippen LogP contribution < -0.4 is 0 Å². The lowest BCUT2D eigenvalue weighted by molar-refractivity contribution is 0.0438. The second-order valence-electron chi connectivity index (χ2n) is 7.26. The minimum atomic E-state index is 0.0114. The Kier molecular flexibility index (Phi) is 4.85. The van der Waals surface area contributed by atoms with Crippen LogP contribution in [0.1, 0.15) is 74.7 Å².